The number of hydrogen-bond acceptors (Lipinski definition) is 4. The molecule has 19 heavy (non-hydrogen) atoms. The summed E-state index contributed by atoms with van der Waals surface area (Å²) in [7, 11) is 1.61. The highest BCUT2D eigenvalue weighted by molar-refractivity contribution is 5.41. The summed E-state index contributed by atoms with van der Waals surface area (Å²) in [5, 5.41) is 22.3. The molecule has 0 radical (unpaired) electrons. The molecule has 0 saturated carbocycles. The first kappa shape index (κ1) is 15.8. The Bertz CT molecular complexity index is 382. The molecular weight excluding hydrogens is 242 g/mol. The highest BCUT2D eigenvalue weighted by atomic mass is 16.5. The fourth-order valence-corrected chi connectivity index (χ4v) is 2.09. The van der Waals surface area contributed by atoms with Crippen molar-refractivity contribution in [3.8, 4) is 11.5 Å². The number of methoxy groups -OCH3 is 1. The number of hydrogen-bond donors (Lipinski definition) is 3. The Balaban J connectivity index is 2.64. The van der Waals surface area contributed by atoms with Gasteiger partial charge in [0.25, 0.3) is 0 Å². The third kappa shape index (κ3) is 4.73. The van der Waals surface area contributed by atoms with Crippen LogP contribution in [0.15, 0.2) is 18.2 Å². The summed E-state index contributed by atoms with van der Waals surface area (Å²) >= 11 is 0. The standard InChI is InChI=1S/C15H25NO3/c1-4-12(7-8-17)10-16-11(2)14-9-13(19-3)5-6-15(14)18/h5-6,9,11-12,16-18H,4,7-8,10H2,1-3H3. The Labute approximate surface area is 115 Å². The Morgan fingerprint density at radius 3 is 2.68 bits per heavy atom. The lowest BCUT2D eigenvalue weighted by molar-refractivity contribution is 0.249. The molecule has 108 valence electrons. The molecule has 0 aliphatic rings. The summed E-state index contributed by atoms with van der Waals surface area (Å²) in [5.74, 6) is 1.47. The molecule has 2 atom stereocenters. The second-order valence-electron chi connectivity index (χ2n) is 4.84. The minimum atomic E-state index is 0.0443. The van der Waals surface area contributed by atoms with Gasteiger partial charge in [0, 0.05) is 18.2 Å². The maximum atomic E-state index is 9.89. The molecule has 3 N–H and O–H groups in total. The molecule has 1 rings (SSSR count). The number of aliphatic hydroxyl groups is 1. The first-order valence-corrected chi connectivity index (χ1v) is 6.83. The predicted octanol–water partition coefficient (Wildman–Crippen LogP) is 2.46. The zero-order valence-corrected chi connectivity index (χ0v) is 12.0. The summed E-state index contributed by atoms with van der Waals surface area (Å²) in [4.78, 5) is 0. The monoisotopic (exact) mass is 267 g/mol. The molecule has 0 fully saturated rings. The van der Waals surface area contributed by atoms with Crippen molar-refractivity contribution < 1.29 is 14.9 Å². The van der Waals surface area contributed by atoms with E-state index in [-0.39, 0.29) is 18.4 Å². The van der Waals surface area contributed by atoms with Gasteiger partial charge in [0.15, 0.2) is 0 Å². The van der Waals surface area contributed by atoms with E-state index >= 15 is 0 Å². The summed E-state index contributed by atoms with van der Waals surface area (Å²) in [6, 6.07) is 5.28. The van der Waals surface area contributed by atoms with E-state index in [0.29, 0.717) is 5.92 Å². The molecule has 4 heteroatoms. The highest BCUT2D eigenvalue weighted by Crippen LogP contribution is 2.28. The third-order valence-electron chi connectivity index (χ3n) is 3.53. The van der Waals surface area contributed by atoms with E-state index in [4.69, 9.17) is 9.84 Å². The molecule has 1 aromatic carbocycles. The third-order valence-corrected chi connectivity index (χ3v) is 3.53. The van der Waals surface area contributed by atoms with Crippen molar-refractivity contribution in [3.63, 3.8) is 0 Å². The minimum Gasteiger partial charge on any atom is -0.508 e. The fourth-order valence-electron chi connectivity index (χ4n) is 2.09. The van der Waals surface area contributed by atoms with E-state index in [2.05, 4.69) is 12.2 Å². The second kappa shape index (κ2) is 8.02. The molecule has 0 heterocycles. The molecule has 0 aromatic heterocycles. The first-order valence-electron chi connectivity index (χ1n) is 6.83. The van der Waals surface area contributed by atoms with E-state index in [9.17, 15) is 5.11 Å². The molecule has 0 aliphatic carbocycles. The number of benzene rings is 1. The van der Waals surface area contributed by atoms with Crippen molar-refractivity contribution in [3.05, 3.63) is 23.8 Å². The molecule has 0 saturated heterocycles. The van der Waals surface area contributed by atoms with Gasteiger partial charge in [-0.15, -0.1) is 0 Å². The van der Waals surface area contributed by atoms with Gasteiger partial charge in [-0.2, -0.15) is 0 Å². The predicted molar refractivity (Wildman–Crippen MR) is 76.6 cm³/mol. The van der Waals surface area contributed by atoms with Crippen LogP contribution in [-0.4, -0.2) is 30.5 Å². The van der Waals surface area contributed by atoms with Gasteiger partial charge in [-0.25, -0.2) is 0 Å². The largest absolute Gasteiger partial charge is 0.508 e. The molecule has 0 aliphatic heterocycles. The first-order chi connectivity index (χ1) is 9.12. The lowest BCUT2D eigenvalue weighted by atomic mass is 10.0. The molecule has 0 amide bonds. The van der Waals surface area contributed by atoms with Gasteiger partial charge >= 0.3 is 0 Å². The fraction of sp³-hybridized carbons (Fsp3) is 0.600. The van der Waals surface area contributed by atoms with E-state index < -0.39 is 0 Å². The lowest BCUT2D eigenvalue weighted by Crippen LogP contribution is -2.26. The quantitative estimate of drug-likeness (QED) is 0.677. The maximum absolute atomic E-state index is 9.89. The van der Waals surface area contributed by atoms with Crippen LogP contribution in [0.25, 0.3) is 0 Å². The van der Waals surface area contributed by atoms with Crippen LogP contribution in [0.3, 0.4) is 0 Å². The van der Waals surface area contributed by atoms with Crippen LogP contribution < -0.4 is 10.1 Å². The van der Waals surface area contributed by atoms with Crippen LogP contribution >= 0.6 is 0 Å². The van der Waals surface area contributed by atoms with Crippen LogP contribution in [0, 0.1) is 5.92 Å². The van der Waals surface area contributed by atoms with Gasteiger partial charge < -0.3 is 20.3 Å². The van der Waals surface area contributed by atoms with Crippen LogP contribution in [-0.2, 0) is 0 Å². The van der Waals surface area contributed by atoms with E-state index in [1.54, 1.807) is 19.2 Å². The van der Waals surface area contributed by atoms with Gasteiger partial charge in [-0.05, 0) is 44.0 Å². The van der Waals surface area contributed by atoms with E-state index in [0.717, 1.165) is 30.7 Å². The van der Waals surface area contributed by atoms with Crippen molar-refractivity contribution >= 4 is 0 Å². The Morgan fingerprint density at radius 2 is 2.11 bits per heavy atom. The topological polar surface area (TPSA) is 61.7 Å². The number of aromatic hydroxyl groups is 1. The summed E-state index contributed by atoms with van der Waals surface area (Å²) in [6.07, 6.45) is 1.84. The number of aliphatic hydroxyl groups excluding tert-OH is 1. The smallest absolute Gasteiger partial charge is 0.120 e. The number of phenolic OH excluding ortho intramolecular Hbond substituents is 1. The number of phenols is 1. The van der Waals surface area contributed by atoms with Crippen molar-refractivity contribution in [1.82, 2.24) is 5.32 Å². The SMILES string of the molecule is CCC(CCO)CNC(C)c1cc(OC)ccc1O. The van der Waals surface area contributed by atoms with Crippen molar-refractivity contribution in [2.75, 3.05) is 20.3 Å². The van der Waals surface area contributed by atoms with E-state index in [1.807, 2.05) is 13.0 Å². The average molecular weight is 267 g/mol. The Morgan fingerprint density at radius 1 is 1.37 bits per heavy atom. The summed E-state index contributed by atoms with van der Waals surface area (Å²) in [6.45, 7) is 5.18. The Kier molecular flexibility index (Phi) is 6.67. The van der Waals surface area contributed by atoms with Crippen LogP contribution in [0.5, 0.6) is 11.5 Å². The zero-order valence-electron chi connectivity index (χ0n) is 12.0. The highest BCUT2D eigenvalue weighted by Gasteiger charge is 2.13. The average Bonchev–Trinajstić information content (AvgIpc) is 2.43. The number of rotatable bonds is 8. The van der Waals surface area contributed by atoms with Gasteiger partial charge in [-0.1, -0.05) is 13.3 Å². The normalized spacial score (nSPS) is 14.1. The number of ether oxygens (including phenoxy) is 1. The summed E-state index contributed by atoms with van der Waals surface area (Å²) < 4.78 is 5.17. The molecule has 2 unspecified atom stereocenters. The van der Waals surface area contributed by atoms with Crippen LogP contribution in [0.1, 0.15) is 38.3 Å². The lowest BCUT2D eigenvalue weighted by Gasteiger charge is -2.20. The molecule has 0 spiro atoms. The Hall–Kier alpha value is -1.26. The van der Waals surface area contributed by atoms with Gasteiger partial charge in [0.2, 0.25) is 0 Å². The second-order valence-corrected chi connectivity index (χ2v) is 4.84. The zero-order chi connectivity index (χ0) is 14.3. The van der Waals surface area contributed by atoms with Crippen LogP contribution in [0.4, 0.5) is 0 Å². The molecular formula is C15H25NO3. The van der Waals surface area contributed by atoms with Gasteiger partial charge in [0.1, 0.15) is 11.5 Å². The minimum absolute atomic E-state index is 0.0443. The van der Waals surface area contributed by atoms with E-state index in [1.165, 1.54) is 0 Å². The molecule has 0 bridgehead atoms. The van der Waals surface area contributed by atoms with Crippen molar-refractivity contribution in [2.24, 2.45) is 5.92 Å². The van der Waals surface area contributed by atoms with Crippen LogP contribution in [0.2, 0.25) is 0 Å². The number of nitrogens with one attached hydrogen (secondary N) is 1. The summed E-state index contributed by atoms with van der Waals surface area (Å²) in [5.41, 5.74) is 0.832. The maximum Gasteiger partial charge on any atom is 0.120 e. The van der Waals surface area contributed by atoms with Gasteiger partial charge in [-0.3, -0.25) is 0 Å². The molecule has 1 aromatic rings. The molecule has 4 nitrogen and oxygen atoms in total. The van der Waals surface area contributed by atoms with Crippen molar-refractivity contribution in [1.29, 1.82) is 0 Å². The van der Waals surface area contributed by atoms with Gasteiger partial charge in [0.05, 0.1) is 7.11 Å². The van der Waals surface area contributed by atoms with Crippen molar-refractivity contribution in [2.45, 2.75) is 32.7 Å².